The van der Waals surface area contributed by atoms with Gasteiger partial charge in [0.05, 0.1) is 25.3 Å². The average Bonchev–Trinajstić information content (AvgIpc) is 3.16. The van der Waals surface area contributed by atoms with Crippen LogP contribution >= 0.6 is 0 Å². The van der Waals surface area contributed by atoms with Crippen LogP contribution < -0.4 is 14.4 Å². The Bertz CT molecular complexity index is 1330. The van der Waals surface area contributed by atoms with Gasteiger partial charge in [0.25, 0.3) is 11.7 Å². The number of aryl methyl sites for hydroxylation is 2. The summed E-state index contributed by atoms with van der Waals surface area (Å²) in [5, 5.41) is 11.4. The van der Waals surface area contributed by atoms with Gasteiger partial charge in [-0.25, -0.2) is 0 Å². The molecule has 4 rings (SSSR count). The Balaban J connectivity index is 1.80. The van der Waals surface area contributed by atoms with Crippen LogP contribution in [-0.4, -0.2) is 30.5 Å². The summed E-state index contributed by atoms with van der Waals surface area (Å²) < 4.78 is 11.2. The highest BCUT2D eigenvalue weighted by atomic mass is 16.5. The lowest BCUT2D eigenvalue weighted by Crippen LogP contribution is -2.30. The second-order valence-electron chi connectivity index (χ2n) is 9.32. The van der Waals surface area contributed by atoms with Gasteiger partial charge >= 0.3 is 0 Å². The van der Waals surface area contributed by atoms with Crippen molar-refractivity contribution in [1.29, 1.82) is 0 Å². The molecule has 1 unspecified atom stereocenters. The van der Waals surface area contributed by atoms with Crippen molar-refractivity contribution in [3.05, 3.63) is 94.6 Å². The number of methoxy groups -OCH3 is 1. The van der Waals surface area contributed by atoms with Gasteiger partial charge in [0.1, 0.15) is 17.3 Å². The van der Waals surface area contributed by atoms with Crippen molar-refractivity contribution in [2.75, 3.05) is 18.6 Å². The van der Waals surface area contributed by atoms with Crippen molar-refractivity contribution in [3.63, 3.8) is 0 Å². The third-order valence-electron chi connectivity index (χ3n) is 6.61. The van der Waals surface area contributed by atoms with Crippen molar-refractivity contribution >= 4 is 23.1 Å². The van der Waals surface area contributed by atoms with Crippen LogP contribution in [0.25, 0.3) is 5.76 Å². The molecule has 1 N–H and O–H groups in total. The van der Waals surface area contributed by atoms with Crippen molar-refractivity contribution in [2.45, 2.75) is 46.1 Å². The molecule has 37 heavy (non-hydrogen) atoms. The lowest BCUT2D eigenvalue weighted by molar-refractivity contribution is -0.132. The van der Waals surface area contributed by atoms with Gasteiger partial charge in [-0.15, -0.1) is 0 Å². The number of aliphatic hydroxyl groups excluding tert-OH is 1. The molecule has 6 heteroatoms. The van der Waals surface area contributed by atoms with Crippen LogP contribution in [0.1, 0.15) is 54.5 Å². The SMILES string of the molecule is CCCCCOc1ccc(/C(O)=C2\C(=O)C(=O)N(c3ccc(C)cc3C)C2c2cccc(OC)c2)cc1. The smallest absolute Gasteiger partial charge is 0.300 e. The van der Waals surface area contributed by atoms with Crippen LogP contribution in [0.5, 0.6) is 11.5 Å². The fourth-order valence-electron chi connectivity index (χ4n) is 4.69. The molecule has 1 atom stereocenters. The minimum atomic E-state index is -0.818. The van der Waals surface area contributed by atoms with E-state index in [1.165, 1.54) is 4.90 Å². The summed E-state index contributed by atoms with van der Waals surface area (Å²) in [6, 6.07) is 19.1. The largest absolute Gasteiger partial charge is 0.507 e. The standard InChI is InChI=1S/C31H33NO5/c1-5-6-7-17-37-24-14-12-22(13-15-24)29(33)27-28(23-9-8-10-25(19-23)36-4)32(31(35)30(27)34)26-16-11-20(2)18-21(26)3/h8-16,18-19,28,33H,5-7,17H2,1-4H3/b29-27+. The zero-order valence-electron chi connectivity index (χ0n) is 21.8. The third-order valence-corrected chi connectivity index (χ3v) is 6.61. The van der Waals surface area contributed by atoms with Gasteiger partial charge in [-0.1, -0.05) is 49.6 Å². The van der Waals surface area contributed by atoms with Crippen LogP contribution in [0.3, 0.4) is 0 Å². The monoisotopic (exact) mass is 499 g/mol. The number of rotatable bonds is 9. The van der Waals surface area contributed by atoms with Crippen LogP contribution in [0.2, 0.25) is 0 Å². The van der Waals surface area contributed by atoms with E-state index in [4.69, 9.17) is 9.47 Å². The Hall–Kier alpha value is -4.06. The van der Waals surface area contributed by atoms with Crippen LogP contribution in [-0.2, 0) is 9.59 Å². The number of amides is 1. The Labute approximate surface area is 218 Å². The minimum Gasteiger partial charge on any atom is -0.507 e. The van der Waals surface area contributed by atoms with E-state index >= 15 is 0 Å². The lowest BCUT2D eigenvalue weighted by atomic mass is 9.94. The number of hydrogen-bond donors (Lipinski definition) is 1. The molecule has 0 spiro atoms. The number of hydrogen-bond acceptors (Lipinski definition) is 5. The first-order valence-electron chi connectivity index (χ1n) is 12.6. The number of ketones is 1. The molecule has 0 saturated carbocycles. The molecular formula is C31H33NO5. The van der Waals surface area contributed by atoms with Gasteiger partial charge in [-0.3, -0.25) is 14.5 Å². The minimum absolute atomic E-state index is 0.0369. The van der Waals surface area contributed by atoms with Crippen molar-refractivity contribution in [3.8, 4) is 11.5 Å². The van der Waals surface area contributed by atoms with E-state index in [-0.39, 0.29) is 11.3 Å². The Morgan fingerprint density at radius 1 is 0.946 bits per heavy atom. The molecule has 1 fully saturated rings. The molecule has 6 nitrogen and oxygen atoms in total. The first-order chi connectivity index (χ1) is 17.8. The number of ether oxygens (including phenoxy) is 2. The quantitative estimate of drug-likeness (QED) is 0.157. The summed E-state index contributed by atoms with van der Waals surface area (Å²) in [4.78, 5) is 28.3. The molecule has 0 bridgehead atoms. The highest BCUT2D eigenvalue weighted by Crippen LogP contribution is 2.43. The maximum atomic E-state index is 13.4. The predicted octanol–water partition coefficient (Wildman–Crippen LogP) is 6.51. The molecule has 1 saturated heterocycles. The van der Waals surface area contributed by atoms with Crippen molar-refractivity contribution < 1.29 is 24.2 Å². The van der Waals surface area contributed by atoms with E-state index in [0.29, 0.717) is 34.9 Å². The van der Waals surface area contributed by atoms with Gasteiger partial charge in [0.15, 0.2) is 0 Å². The highest BCUT2D eigenvalue weighted by molar-refractivity contribution is 6.51. The number of carbonyl (C=O) groups is 2. The lowest BCUT2D eigenvalue weighted by Gasteiger charge is -2.27. The molecule has 1 aliphatic rings. The van der Waals surface area contributed by atoms with Gasteiger partial charge in [-0.2, -0.15) is 0 Å². The predicted molar refractivity (Wildman–Crippen MR) is 145 cm³/mol. The topological polar surface area (TPSA) is 76.1 Å². The maximum absolute atomic E-state index is 13.4. The molecule has 0 aromatic heterocycles. The molecule has 1 heterocycles. The van der Waals surface area contributed by atoms with E-state index in [1.807, 2.05) is 38.1 Å². The number of aliphatic hydroxyl groups is 1. The summed E-state index contributed by atoms with van der Waals surface area (Å²) in [5.74, 6) is -0.362. The first-order valence-corrected chi connectivity index (χ1v) is 12.6. The fraction of sp³-hybridized carbons (Fsp3) is 0.290. The third kappa shape index (κ3) is 5.38. The van der Waals surface area contributed by atoms with Crippen LogP contribution in [0.15, 0.2) is 72.3 Å². The van der Waals surface area contributed by atoms with Crippen LogP contribution in [0, 0.1) is 13.8 Å². The second kappa shape index (κ2) is 11.3. The van der Waals surface area contributed by atoms with Gasteiger partial charge in [-0.05, 0) is 73.9 Å². The van der Waals surface area contributed by atoms with Gasteiger partial charge in [0.2, 0.25) is 0 Å². The summed E-state index contributed by atoms with van der Waals surface area (Å²) in [6.45, 7) is 6.64. The number of benzene rings is 3. The summed E-state index contributed by atoms with van der Waals surface area (Å²) in [7, 11) is 1.56. The summed E-state index contributed by atoms with van der Waals surface area (Å²) >= 11 is 0. The Kier molecular flexibility index (Phi) is 7.97. The Morgan fingerprint density at radius 3 is 2.38 bits per heavy atom. The number of anilines is 1. The number of unbranched alkanes of at least 4 members (excludes halogenated alkanes) is 2. The second-order valence-corrected chi connectivity index (χ2v) is 9.32. The van der Waals surface area contributed by atoms with E-state index in [2.05, 4.69) is 6.92 Å². The normalized spacial score (nSPS) is 16.8. The number of carbonyl (C=O) groups excluding carboxylic acids is 2. The van der Waals surface area contributed by atoms with E-state index in [9.17, 15) is 14.7 Å². The molecule has 3 aromatic carbocycles. The molecule has 192 valence electrons. The van der Waals surface area contributed by atoms with E-state index < -0.39 is 17.7 Å². The van der Waals surface area contributed by atoms with Gasteiger partial charge in [0, 0.05) is 11.3 Å². The molecule has 3 aromatic rings. The van der Waals surface area contributed by atoms with Crippen molar-refractivity contribution in [2.24, 2.45) is 0 Å². The van der Waals surface area contributed by atoms with Crippen molar-refractivity contribution in [1.82, 2.24) is 0 Å². The van der Waals surface area contributed by atoms with Gasteiger partial charge < -0.3 is 14.6 Å². The Morgan fingerprint density at radius 2 is 1.70 bits per heavy atom. The number of nitrogens with zero attached hydrogens (tertiary/aromatic N) is 1. The molecule has 1 amide bonds. The zero-order chi connectivity index (χ0) is 26.5. The number of Topliss-reactive ketones (excluding diaryl/α,β-unsaturated/α-hetero) is 1. The molecule has 1 aliphatic heterocycles. The highest BCUT2D eigenvalue weighted by Gasteiger charge is 2.47. The molecular weight excluding hydrogens is 466 g/mol. The molecule has 0 radical (unpaired) electrons. The first kappa shape index (κ1) is 26.0. The zero-order valence-corrected chi connectivity index (χ0v) is 21.8. The summed E-state index contributed by atoms with van der Waals surface area (Å²) in [5.41, 5.74) is 3.67. The van der Waals surface area contributed by atoms with E-state index in [1.54, 1.807) is 49.6 Å². The summed E-state index contributed by atoms with van der Waals surface area (Å²) in [6.07, 6.45) is 3.19. The van der Waals surface area contributed by atoms with E-state index in [0.717, 1.165) is 30.4 Å². The average molecular weight is 500 g/mol. The fourth-order valence-corrected chi connectivity index (χ4v) is 4.69. The van der Waals surface area contributed by atoms with Crippen LogP contribution in [0.4, 0.5) is 5.69 Å². The molecule has 0 aliphatic carbocycles. The maximum Gasteiger partial charge on any atom is 0.300 e.